The molecule has 7 heteroatoms. The van der Waals surface area contributed by atoms with Crippen molar-refractivity contribution in [2.45, 2.75) is 46.1 Å². The minimum Gasteiger partial charge on any atom is -0.466 e. The van der Waals surface area contributed by atoms with E-state index in [4.69, 9.17) is 4.74 Å². The number of nitrogens with one attached hydrogen (secondary N) is 1. The van der Waals surface area contributed by atoms with Gasteiger partial charge < -0.3 is 20.1 Å². The number of hydrogen-bond acceptors (Lipinski definition) is 5. The number of aliphatic hydroxyl groups is 1. The van der Waals surface area contributed by atoms with Gasteiger partial charge >= 0.3 is 5.97 Å². The molecule has 0 unspecified atom stereocenters. The molecule has 2 rings (SSSR count). The zero-order chi connectivity index (χ0) is 20.0. The molecule has 1 aliphatic heterocycles. The SMILES string of the molecule is CCCCNC(=O)[C@@H]1[C@H]2C=C[C@@H](CC)[C@@H](C(=O)OCC)[C@H]2C(=O)N1CCO. The first-order chi connectivity index (χ1) is 13.0. The van der Waals surface area contributed by atoms with Gasteiger partial charge in [-0.1, -0.05) is 32.4 Å². The number of likely N-dealkylation sites (tertiary alicyclic amines) is 1. The zero-order valence-electron chi connectivity index (χ0n) is 16.5. The largest absolute Gasteiger partial charge is 0.466 e. The van der Waals surface area contributed by atoms with E-state index in [0.29, 0.717) is 13.0 Å². The summed E-state index contributed by atoms with van der Waals surface area (Å²) in [5.41, 5.74) is 0. The van der Waals surface area contributed by atoms with E-state index in [2.05, 4.69) is 5.32 Å². The highest BCUT2D eigenvalue weighted by molar-refractivity contribution is 5.96. The minimum absolute atomic E-state index is 0.0812. The van der Waals surface area contributed by atoms with Crippen molar-refractivity contribution in [3.8, 4) is 0 Å². The second-order valence-corrected chi connectivity index (χ2v) is 7.18. The first-order valence-electron chi connectivity index (χ1n) is 10.1. The maximum atomic E-state index is 13.1. The third kappa shape index (κ3) is 4.34. The first-order valence-corrected chi connectivity index (χ1v) is 10.1. The van der Waals surface area contributed by atoms with Crippen LogP contribution >= 0.6 is 0 Å². The van der Waals surface area contributed by atoms with Crippen LogP contribution in [0.5, 0.6) is 0 Å². The van der Waals surface area contributed by atoms with Gasteiger partial charge in [0.1, 0.15) is 6.04 Å². The van der Waals surface area contributed by atoms with E-state index in [0.717, 1.165) is 12.8 Å². The molecule has 152 valence electrons. The molecule has 2 aliphatic rings. The first kappa shape index (κ1) is 21.4. The summed E-state index contributed by atoms with van der Waals surface area (Å²) >= 11 is 0. The normalized spacial score (nSPS) is 29.6. The zero-order valence-corrected chi connectivity index (χ0v) is 16.5. The highest BCUT2D eigenvalue weighted by atomic mass is 16.5. The van der Waals surface area contributed by atoms with Gasteiger partial charge in [0.25, 0.3) is 0 Å². The standard InChI is InChI=1S/C20H32N2O5/c1-4-7-10-21-18(24)17-14-9-8-13(5-2)15(20(26)27-6-3)16(14)19(25)22(17)11-12-23/h8-9,13-17,23H,4-7,10-12H2,1-3H3,(H,21,24)/t13-,14+,15-,16+,17+/m1/s1. The summed E-state index contributed by atoms with van der Waals surface area (Å²) in [6, 6.07) is -0.697. The molecule has 1 fully saturated rings. The minimum atomic E-state index is -0.697. The third-order valence-corrected chi connectivity index (χ3v) is 5.58. The van der Waals surface area contributed by atoms with Crippen LogP contribution in [-0.2, 0) is 19.1 Å². The lowest BCUT2D eigenvalue weighted by atomic mass is 9.69. The fraction of sp³-hybridized carbons (Fsp3) is 0.750. The number of rotatable bonds is 9. The van der Waals surface area contributed by atoms with Crippen molar-refractivity contribution in [3.63, 3.8) is 0 Å². The number of fused-ring (bicyclic) bond motifs is 1. The van der Waals surface area contributed by atoms with E-state index >= 15 is 0 Å². The monoisotopic (exact) mass is 380 g/mol. The van der Waals surface area contributed by atoms with Gasteiger partial charge in [-0.2, -0.15) is 0 Å². The van der Waals surface area contributed by atoms with Crippen molar-refractivity contribution >= 4 is 17.8 Å². The number of carbonyl (C=O) groups excluding carboxylic acids is 3. The van der Waals surface area contributed by atoms with Crippen molar-refractivity contribution in [1.82, 2.24) is 10.2 Å². The summed E-state index contributed by atoms with van der Waals surface area (Å²) in [5, 5.41) is 12.3. The Morgan fingerprint density at radius 3 is 2.59 bits per heavy atom. The lowest BCUT2D eigenvalue weighted by molar-refractivity contribution is -0.155. The predicted molar refractivity (Wildman–Crippen MR) is 101 cm³/mol. The molecule has 0 saturated carbocycles. The number of ether oxygens (including phenoxy) is 1. The van der Waals surface area contributed by atoms with Crippen LogP contribution in [0.1, 0.15) is 40.0 Å². The summed E-state index contributed by atoms with van der Waals surface area (Å²) in [6.45, 7) is 6.41. The number of carbonyl (C=O) groups is 3. The second-order valence-electron chi connectivity index (χ2n) is 7.18. The van der Waals surface area contributed by atoms with Crippen molar-refractivity contribution in [2.75, 3.05) is 26.3 Å². The molecule has 27 heavy (non-hydrogen) atoms. The van der Waals surface area contributed by atoms with Crippen LogP contribution in [0.25, 0.3) is 0 Å². The lowest BCUT2D eigenvalue weighted by Gasteiger charge is -2.33. The molecule has 7 nitrogen and oxygen atoms in total. The van der Waals surface area contributed by atoms with Crippen LogP contribution in [-0.4, -0.2) is 60.1 Å². The van der Waals surface area contributed by atoms with Gasteiger partial charge in [0.2, 0.25) is 11.8 Å². The van der Waals surface area contributed by atoms with Gasteiger partial charge in [0.15, 0.2) is 0 Å². The van der Waals surface area contributed by atoms with Gasteiger partial charge in [-0.3, -0.25) is 14.4 Å². The number of β-amino-alcohol motifs (C(OH)–C–C–N with tert-alkyl or cyclic N) is 1. The Balaban J connectivity index is 2.35. The lowest BCUT2D eigenvalue weighted by Crippen LogP contribution is -2.48. The summed E-state index contributed by atoms with van der Waals surface area (Å²) in [4.78, 5) is 40.0. The highest BCUT2D eigenvalue weighted by Crippen LogP contribution is 2.45. The van der Waals surface area contributed by atoms with Gasteiger partial charge in [-0.25, -0.2) is 0 Å². The van der Waals surface area contributed by atoms with Crippen molar-refractivity contribution in [2.24, 2.45) is 23.7 Å². The Morgan fingerprint density at radius 2 is 2.00 bits per heavy atom. The Bertz CT molecular complexity index is 577. The van der Waals surface area contributed by atoms with Crippen LogP contribution in [0.2, 0.25) is 0 Å². The Labute approximate surface area is 161 Å². The molecule has 0 bridgehead atoms. The molecular formula is C20H32N2O5. The quantitative estimate of drug-likeness (QED) is 0.355. The topological polar surface area (TPSA) is 95.9 Å². The number of nitrogens with zero attached hydrogens (tertiary/aromatic N) is 1. The molecule has 0 aromatic rings. The smallest absolute Gasteiger partial charge is 0.310 e. The predicted octanol–water partition coefficient (Wildman–Crippen LogP) is 1.11. The molecule has 5 atom stereocenters. The van der Waals surface area contributed by atoms with E-state index in [-0.39, 0.29) is 49.4 Å². The summed E-state index contributed by atoms with van der Waals surface area (Å²) in [7, 11) is 0. The number of amides is 2. The van der Waals surface area contributed by atoms with Crippen LogP contribution in [0, 0.1) is 23.7 Å². The average molecular weight is 380 g/mol. The van der Waals surface area contributed by atoms with E-state index in [1.54, 1.807) is 6.92 Å². The van der Waals surface area contributed by atoms with Gasteiger partial charge in [-0.15, -0.1) is 0 Å². The molecule has 0 aromatic carbocycles. The number of hydrogen-bond donors (Lipinski definition) is 2. The number of allylic oxidation sites excluding steroid dienone is 1. The summed E-state index contributed by atoms with van der Waals surface area (Å²) < 4.78 is 5.25. The second kappa shape index (κ2) is 9.88. The van der Waals surface area contributed by atoms with Gasteiger partial charge in [-0.05, 0) is 25.7 Å². The summed E-state index contributed by atoms with van der Waals surface area (Å²) in [6.07, 6.45) is 6.39. The Hall–Kier alpha value is -1.89. The third-order valence-electron chi connectivity index (χ3n) is 5.58. The fourth-order valence-corrected chi connectivity index (χ4v) is 4.29. The van der Waals surface area contributed by atoms with E-state index in [1.807, 2.05) is 26.0 Å². The fourth-order valence-electron chi connectivity index (χ4n) is 4.29. The van der Waals surface area contributed by atoms with Crippen molar-refractivity contribution in [1.29, 1.82) is 0 Å². The summed E-state index contributed by atoms with van der Waals surface area (Å²) in [5.74, 6) is -2.53. The van der Waals surface area contributed by atoms with E-state index in [1.165, 1.54) is 4.90 Å². The van der Waals surface area contributed by atoms with Crippen molar-refractivity contribution in [3.05, 3.63) is 12.2 Å². The maximum absolute atomic E-state index is 13.1. The van der Waals surface area contributed by atoms with Crippen LogP contribution < -0.4 is 5.32 Å². The molecule has 2 N–H and O–H groups in total. The molecule has 1 saturated heterocycles. The number of esters is 1. The average Bonchev–Trinajstić information content (AvgIpc) is 2.93. The molecule has 1 heterocycles. The molecule has 0 radical (unpaired) electrons. The maximum Gasteiger partial charge on any atom is 0.310 e. The Morgan fingerprint density at radius 1 is 1.26 bits per heavy atom. The van der Waals surface area contributed by atoms with Crippen LogP contribution in [0.15, 0.2) is 12.2 Å². The molecular weight excluding hydrogens is 348 g/mol. The highest BCUT2D eigenvalue weighted by Gasteiger charge is 2.57. The molecule has 0 aromatic heterocycles. The molecule has 0 spiro atoms. The van der Waals surface area contributed by atoms with Gasteiger partial charge in [0, 0.05) is 19.0 Å². The van der Waals surface area contributed by atoms with E-state index < -0.39 is 17.9 Å². The van der Waals surface area contributed by atoms with E-state index in [9.17, 15) is 19.5 Å². The van der Waals surface area contributed by atoms with Crippen molar-refractivity contribution < 1.29 is 24.2 Å². The number of aliphatic hydroxyl groups excluding tert-OH is 1. The molecule has 1 aliphatic carbocycles. The molecule has 2 amide bonds. The number of unbranched alkanes of at least 4 members (excludes halogenated alkanes) is 1. The van der Waals surface area contributed by atoms with Crippen LogP contribution in [0.4, 0.5) is 0 Å². The Kier molecular flexibility index (Phi) is 7.83. The van der Waals surface area contributed by atoms with Crippen LogP contribution in [0.3, 0.4) is 0 Å². The van der Waals surface area contributed by atoms with Gasteiger partial charge in [0.05, 0.1) is 25.0 Å².